The highest BCUT2D eigenvalue weighted by Crippen LogP contribution is 2.34. The first-order valence-electron chi connectivity index (χ1n) is 10.6. The van der Waals surface area contributed by atoms with Gasteiger partial charge in [-0.3, -0.25) is 0 Å². The van der Waals surface area contributed by atoms with E-state index >= 15 is 0 Å². The Labute approximate surface area is 205 Å². The molecule has 34 heavy (non-hydrogen) atoms. The van der Waals surface area contributed by atoms with E-state index in [1.807, 2.05) is 42.6 Å². The molecule has 1 aliphatic rings. The number of methoxy groups -OCH3 is 1. The predicted octanol–water partition coefficient (Wildman–Crippen LogP) is 6.95. The standard InChI is InChI=1S/C27H21BrF2N2O2/c1-33-27-13-22(34-16-19-5-7-21(28)11-20(19)14-31)8-9-23(27)18-3-2-4-26(32-15-18)17-6-10-24(29)25(30)12-17/h4-13,15,32H,2-3,16H2,1H3. The van der Waals surface area contributed by atoms with Crippen molar-refractivity contribution < 1.29 is 18.3 Å². The van der Waals surface area contributed by atoms with E-state index < -0.39 is 11.6 Å². The van der Waals surface area contributed by atoms with Crippen LogP contribution >= 0.6 is 15.9 Å². The molecule has 3 aromatic rings. The second-order valence-corrected chi connectivity index (χ2v) is 8.58. The highest BCUT2D eigenvalue weighted by molar-refractivity contribution is 9.10. The van der Waals surface area contributed by atoms with Gasteiger partial charge in [-0.15, -0.1) is 0 Å². The molecule has 0 aromatic heterocycles. The third-order valence-electron chi connectivity index (χ3n) is 5.50. The maximum Gasteiger partial charge on any atom is 0.159 e. The molecule has 0 radical (unpaired) electrons. The van der Waals surface area contributed by atoms with Crippen LogP contribution < -0.4 is 14.8 Å². The Hall–Kier alpha value is -3.63. The zero-order valence-corrected chi connectivity index (χ0v) is 20.0. The summed E-state index contributed by atoms with van der Waals surface area (Å²) < 4.78 is 39.3. The zero-order valence-electron chi connectivity index (χ0n) is 18.4. The van der Waals surface area contributed by atoms with Gasteiger partial charge in [-0.05, 0) is 60.9 Å². The number of benzene rings is 3. The molecular formula is C27H21BrF2N2O2. The average molecular weight is 523 g/mol. The lowest BCUT2D eigenvalue weighted by Gasteiger charge is -2.14. The van der Waals surface area contributed by atoms with E-state index in [4.69, 9.17) is 9.47 Å². The number of hydrogen-bond donors (Lipinski definition) is 1. The van der Waals surface area contributed by atoms with Crippen LogP contribution in [-0.4, -0.2) is 7.11 Å². The molecule has 7 heteroatoms. The quantitative estimate of drug-likeness (QED) is 0.380. The van der Waals surface area contributed by atoms with Crippen LogP contribution in [0.5, 0.6) is 11.5 Å². The van der Waals surface area contributed by atoms with Crippen LogP contribution in [-0.2, 0) is 6.61 Å². The molecule has 0 atom stereocenters. The first-order valence-corrected chi connectivity index (χ1v) is 11.4. The van der Waals surface area contributed by atoms with E-state index in [1.165, 1.54) is 6.07 Å². The Morgan fingerprint density at radius 3 is 2.68 bits per heavy atom. The Morgan fingerprint density at radius 1 is 1.06 bits per heavy atom. The van der Waals surface area contributed by atoms with Gasteiger partial charge in [0.2, 0.25) is 0 Å². The summed E-state index contributed by atoms with van der Waals surface area (Å²) in [6, 6.07) is 17.1. The van der Waals surface area contributed by atoms with E-state index in [-0.39, 0.29) is 6.61 Å². The SMILES string of the molecule is COc1cc(OCc2ccc(Br)cc2C#N)ccc1C1=CNC(c2ccc(F)c(F)c2)=CCC1. The number of hydrogen-bond acceptors (Lipinski definition) is 4. The number of allylic oxidation sites excluding steroid dienone is 2. The highest BCUT2D eigenvalue weighted by Gasteiger charge is 2.14. The number of nitrogens with zero attached hydrogens (tertiary/aromatic N) is 1. The van der Waals surface area contributed by atoms with E-state index in [9.17, 15) is 14.0 Å². The molecule has 0 fully saturated rings. The fourth-order valence-corrected chi connectivity index (χ4v) is 4.07. The maximum atomic E-state index is 13.7. The predicted molar refractivity (Wildman–Crippen MR) is 131 cm³/mol. The van der Waals surface area contributed by atoms with Crippen molar-refractivity contribution in [3.05, 3.63) is 105 Å². The number of nitriles is 1. The monoisotopic (exact) mass is 522 g/mol. The van der Waals surface area contributed by atoms with E-state index in [1.54, 1.807) is 19.2 Å². The second-order valence-electron chi connectivity index (χ2n) is 7.66. The van der Waals surface area contributed by atoms with Gasteiger partial charge >= 0.3 is 0 Å². The minimum Gasteiger partial charge on any atom is -0.496 e. The third-order valence-corrected chi connectivity index (χ3v) is 5.99. The molecule has 0 aliphatic carbocycles. The number of halogens is 3. The Balaban J connectivity index is 1.51. The molecule has 3 aromatic carbocycles. The van der Waals surface area contributed by atoms with Crippen molar-refractivity contribution in [2.45, 2.75) is 19.4 Å². The fraction of sp³-hybridized carbons (Fsp3) is 0.148. The van der Waals surface area contributed by atoms with E-state index in [2.05, 4.69) is 27.3 Å². The van der Waals surface area contributed by atoms with Gasteiger partial charge in [-0.25, -0.2) is 8.78 Å². The van der Waals surface area contributed by atoms with Gasteiger partial charge in [0.15, 0.2) is 11.6 Å². The molecule has 172 valence electrons. The lowest BCUT2D eigenvalue weighted by molar-refractivity contribution is 0.303. The van der Waals surface area contributed by atoms with Gasteiger partial charge in [-0.1, -0.05) is 28.1 Å². The molecule has 0 saturated heterocycles. The van der Waals surface area contributed by atoms with Crippen LogP contribution in [0, 0.1) is 23.0 Å². The van der Waals surface area contributed by atoms with Crippen molar-refractivity contribution in [1.29, 1.82) is 5.26 Å². The van der Waals surface area contributed by atoms with Crippen molar-refractivity contribution in [2.24, 2.45) is 0 Å². The number of nitrogens with one attached hydrogen (secondary N) is 1. The molecule has 0 bridgehead atoms. The summed E-state index contributed by atoms with van der Waals surface area (Å²) >= 11 is 3.37. The van der Waals surface area contributed by atoms with Crippen LogP contribution in [0.2, 0.25) is 0 Å². The van der Waals surface area contributed by atoms with Gasteiger partial charge in [0.25, 0.3) is 0 Å². The average Bonchev–Trinajstić information content (AvgIpc) is 3.11. The van der Waals surface area contributed by atoms with Crippen LogP contribution in [0.1, 0.15) is 35.1 Å². The number of rotatable bonds is 6. The molecule has 0 amide bonds. The molecule has 0 saturated carbocycles. The summed E-state index contributed by atoms with van der Waals surface area (Å²) in [5, 5.41) is 12.6. The summed E-state index contributed by atoms with van der Waals surface area (Å²) in [5.74, 6) is -0.477. The Kier molecular flexibility index (Phi) is 7.29. The largest absolute Gasteiger partial charge is 0.496 e. The summed E-state index contributed by atoms with van der Waals surface area (Å²) in [4.78, 5) is 0. The lowest BCUT2D eigenvalue weighted by Crippen LogP contribution is -2.05. The lowest BCUT2D eigenvalue weighted by atomic mass is 10.0. The van der Waals surface area contributed by atoms with Crippen molar-refractivity contribution in [3.8, 4) is 17.6 Å². The van der Waals surface area contributed by atoms with Crippen molar-refractivity contribution in [3.63, 3.8) is 0 Å². The minimum atomic E-state index is -0.879. The van der Waals surface area contributed by atoms with Crippen molar-refractivity contribution in [2.75, 3.05) is 7.11 Å². The Bertz CT molecular complexity index is 1330. The summed E-state index contributed by atoms with van der Waals surface area (Å²) in [6.07, 6.45) is 5.28. The van der Waals surface area contributed by atoms with Crippen LogP contribution in [0.4, 0.5) is 8.78 Å². The van der Waals surface area contributed by atoms with Crippen LogP contribution in [0.15, 0.2) is 71.3 Å². The maximum absolute atomic E-state index is 13.7. The Morgan fingerprint density at radius 2 is 1.91 bits per heavy atom. The molecule has 0 spiro atoms. The van der Waals surface area contributed by atoms with Gasteiger partial charge in [-0.2, -0.15) is 5.26 Å². The van der Waals surface area contributed by atoms with Gasteiger partial charge < -0.3 is 14.8 Å². The number of ether oxygens (including phenoxy) is 2. The molecular weight excluding hydrogens is 502 g/mol. The fourth-order valence-electron chi connectivity index (χ4n) is 3.71. The molecule has 4 nitrogen and oxygen atoms in total. The molecule has 1 N–H and O–H groups in total. The molecule has 0 unspecified atom stereocenters. The third kappa shape index (κ3) is 5.29. The molecule has 1 heterocycles. The highest BCUT2D eigenvalue weighted by atomic mass is 79.9. The topological polar surface area (TPSA) is 54.3 Å². The van der Waals surface area contributed by atoms with Gasteiger partial charge in [0.1, 0.15) is 18.1 Å². The summed E-state index contributed by atoms with van der Waals surface area (Å²) in [5.41, 5.74) is 4.56. The van der Waals surface area contributed by atoms with Crippen LogP contribution in [0.25, 0.3) is 11.3 Å². The van der Waals surface area contributed by atoms with Crippen molar-refractivity contribution >= 4 is 27.2 Å². The van der Waals surface area contributed by atoms with E-state index in [0.29, 0.717) is 22.6 Å². The smallest absolute Gasteiger partial charge is 0.159 e. The second kappa shape index (κ2) is 10.5. The summed E-state index contributed by atoms with van der Waals surface area (Å²) in [6.45, 7) is 0.254. The normalized spacial score (nSPS) is 13.1. The molecule has 4 rings (SSSR count). The first-order chi connectivity index (χ1) is 16.5. The first kappa shape index (κ1) is 23.5. The summed E-state index contributed by atoms with van der Waals surface area (Å²) in [7, 11) is 1.60. The van der Waals surface area contributed by atoms with Gasteiger partial charge in [0.05, 0.1) is 18.7 Å². The van der Waals surface area contributed by atoms with E-state index in [0.717, 1.165) is 45.8 Å². The molecule has 1 aliphatic heterocycles. The van der Waals surface area contributed by atoms with Crippen LogP contribution in [0.3, 0.4) is 0 Å². The zero-order chi connectivity index (χ0) is 24.1. The van der Waals surface area contributed by atoms with Crippen molar-refractivity contribution in [1.82, 2.24) is 5.32 Å². The van der Waals surface area contributed by atoms with Gasteiger partial charge in [0, 0.05) is 39.1 Å². The minimum absolute atomic E-state index is 0.254.